The summed E-state index contributed by atoms with van der Waals surface area (Å²) in [6.45, 7) is 4.02. The first-order valence-electron chi connectivity index (χ1n) is 6.90. The van der Waals surface area contributed by atoms with Crippen molar-refractivity contribution in [3.8, 4) is 0 Å². The fourth-order valence-electron chi connectivity index (χ4n) is 2.26. The Balaban J connectivity index is 0. The van der Waals surface area contributed by atoms with E-state index >= 15 is 0 Å². The molecule has 20 heavy (non-hydrogen) atoms. The van der Waals surface area contributed by atoms with E-state index in [0.29, 0.717) is 0 Å². The quantitative estimate of drug-likeness (QED) is 0.587. The van der Waals surface area contributed by atoms with E-state index in [-0.39, 0.29) is 48.4 Å². The Morgan fingerprint density at radius 3 is 2.15 bits per heavy atom. The van der Waals surface area contributed by atoms with E-state index in [2.05, 4.69) is 6.92 Å². The maximum absolute atomic E-state index is 11.5. The summed E-state index contributed by atoms with van der Waals surface area (Å²) in [4.78, 5) is 11.5. The fraction of sp³-hybridized carbons (Fsp3) is 0.562. The van der Waals surface area contributed by atoms with Gasteiger partial charge in [-0.05, 0) is 18.9 Å². The van der Waals surface area contributed by atoms with Crippen LogP contribution in [0.1, 0.15) is 57.9 Å². The molecule has 1 aromatic rings. The van der Waals surface area contributed by atoms with Gasteiger partial charge in [0, 0.05) is 0 Å². The molecular weight excluding hydrogens is 254 g/mol. The van der Waals surface area contributed by atoms with E-state index in [4.69, 9.17) is 0 Å². The van der Waals surface area contributed by atoms with Gasteiger partial charge in [-0.3, -0.25) is 4.79 Å². The summed E-state index contributed by atoms with van der Waals surface area (Å²) < 4.78 is 0. The monoisotopic (exact) mass is 280 g/mol. The third kappa shape index (κ3) is 6.83. The first-order valence-corrected chi connectivity index (χ1v) is 6.90. The van der Waals surface area contributed by atoms with Gasteiger partial charge in [0.25, 0.3) is 0 Å². The first-order chi connectivity index (χ1) is 8.61. The van der Waals surface area contributed by atoms with Crippen molar-refractivity contribution in [3.05, 3.63) is 35.9 Å². The molecule has 104 valence electrons. The van der Waals surface area contributed by atoms with Crippen molar-refractivity contribution in [2.45, 2.75) is 57.8 Å². The molecule has 0 radical (unpaired) electrons. The van der Waals surface area contributed by atoms with Gasteiger partial charge in [0.15, 0.2) is 0 Å². The SMILES string of the molecule is CCCCCCCC(C)(C(=O)O)c1ccccc1.[LiH].[NaH]. The summed E-state index contributed by atoms with van der Waals surface area (Å²) in [5.41, 5.74) is 0.168. The number of hydrogen-bond acceptors (Lipinski definition) is 1. The van der Waals surface area contributed by atoms with Gasteiger partial charge in [-0.2, -0.15) is 0 Å². The van der Waals surface area contributed by atoms with Crippen molar-refractivity contribution < 1.29 is 9.90 Å². The van der Waals surface area contributed by atoms with Crippen LogP contribution in [-0.4, -0.2) is 59.5 Å². The van der Waals surface area contributed by atoms with E-state index < -0.39 is 11.4 Å². The fourth-order valence-corrected chi connectivity index (χ4v) is 2.26. The number of rotatable bonds is 8. The molecule has 0 aliphatic carbocycles. The average Bonchev–Trinajstić information content (AvgIpc) is 2.39. The van der Waals surface area contributed by atoms with Crippen LogP contribution in [0.25, 0.3) is 0 Å². The summed E-state index contributed by atoms with van der Waals surface area (Å²) in [5.74, 6) is -0.718. The molecule has 1 rings (SSSR count). The van der Waals surface area contributed by atoms with Gasteiger partial charge in [0.1, 0.15) is 0 Å². The molecule has 1 N–H and O–H groups in total. The predicted molar refractivity (Wildman–Crippen MR) is 89.1 cm³/mol. The van der Waals surface area contributed by atoms with E-state index in [9.17, 15) is 9.90 Å². The van der Waals surface area contributed by atoms with Gasteiger partial charge in [0.2, 0.25) is 0 Å². The third-order valence-corrected chi connectivity index (χ3v) is 3.66. The van der Waals surface area contributed by atoms with Crippen LogP contribution in [0.2, 0.25) is 0 Å². The summed E-state index contributed by atoms with van der Waals surface area (Å²) in [6.07, 6.45) is 6.50. The Morgan fingerprint density at radius 1 is 1.10 bits per heavy atom. The van der Waals surface area contributed by atoms with E-state index in [1.54, 1.807) is 0 Å². The molecule has 4 heteroatoms. The molecular formula is C16H26LiNaO2. The zero-order chi connectivity index (χ0) is 13.4. The summed E-state index contributed by atoms with van der Waals surface area (Å²) in [6, 6.07) is 9.58. The molecule has 2 nitrogen and oxygen atoms in total. The Morgan fingerprint density at radius 2 is 1.65 bits per heavy atom. The molecule has 0 aromatic heterocycles. The standard InChI is InChI=1S/C16H24O2.Li.Na.2H/c1-3-4-5-6-10-13-16(2,15(17)18)14-11-8-7-9-12-14;;;;/h7-9,11-12H,3-6,10,13H2,1-2H3,(H,17,18);;;;. The summed E-state index contributed by atoms with van der Waals surface area (Å²) in [5, 5.41) is 9.49. The third-order valence-electron chi connectivity index (χ3n) is 3.66. The molecule has 0 heterocycles. The Kier molecular flexibility index (Phi) is 13.4. The molecule has 0 aliphatic rings. The number of carboxylic acids is 1. The first kappa shape index (κ1) is 22.6. The van der Waals surface area contributed by atoms with Crippen molar-refractivity contribution >= 4 is 54.4 Å². The average molecular weight is 280 g/mol. The molecule has 1 unspecified atom stereocenters. The van der Waals surface area contributed by atoms with E-state index in [1.807, 2.05) is 37.3 Å². The number of aliphatic carboxylic acids is 1. The normalized spacial score (nSPS) is 12.7. The van der Waals surface area contributed by atoms with Gasteiger partial charge in [-0.1, -0.05) is 69.4 Å². The Hall–Kier alpha value is 0.287. The minimum absolute atomic E-state index is 0. The second kappa shape index (κ2) is 11.9. The van der Waals surface area contributed by atoms with E-state index in [0.717, 1.165) is 24.8 Å². The van der Waals surface area contributed by atoms with Crippen LogP contribution in [0.4, 0.5) is 0 Å². The van der Waals surface area contributed by atoms with Gasteiger partial charge >= 0.3 is 54.4 Å². The topological polar surface area (TPSA) is 37.3 Å². The van der Waals surface area contributed by atoms with Crippen molar-refractivity contribution in [2.75, 3.05) is 0 Å². The summed E-state index contributed by atoms with van der Waals surface area (Å²) >= 11 is 0. The van der Waals surface area contributed by atoms with Crippen molar-refractivity contribution in [3.63, 3.8) is 0 Å². The minimum atomic E-state index is -0.743. The molecule has 0 aliphatic heterocycles. The number of benzene rings is 1. The number of hydrogen-bond donors (Lipinski definition) is 1. The molecule has 0 amide bonds. The van der Waals surface area contributed by atoms with Crippen molar-refractivity contribution in [2.24, 2.45) is 0 Å². The van der Waals surface area contributed by atoms with Gasteiger partial charge in [-0.15, -0.1) is 0 Å². The van der Waals surface area contributed by atoms with E-state index in [1.165, 1.54) is 19.3 Å². The van der Waals surface area contributed by atoms with Crippen LogP contribution in [0.15, 0.2) is 30.3 Å². The number of carbonyl (C=O) groups is 1. The molecule has 0 saturated carbocycles. The number of carboxylic acid groups (broad SMARTS) is 1. The van der Waals surface area contributed by atoms with Crippen LogP contribution in [-0.2, 0) is 10.2 Å². The molecule has 0 spiro atoms. The summed E-state index contributed by atoms with van der Waals surface area (Å²) in [7, 11) is 0. The zero-order valence-corrected chi connectivity index (χ0v) is 11.5. The Labute approximate surface area is 157 Å². The second-order valence-corrected chi connectivity index (χ2v) is 5.17. The van der Waals surface area contributed by atoms with Crippen LogP contribution in [0, 0.1) is 0 Å². The molecule has 1 aromatic carbocycles. The second-order valence-electron chi connectivity index (χ2n) is 5.17. The molecule has 0 saturated heterocycles. The van der Waals surface area contributed by atoms with Crippen LogP contribution < -0.4 is 0 Å². The van der Waals surface area contributed by atoms with Crippen LogP contribution in [0.3, 0.4) is 0 Å². The van der Waals surface area contributed by atoms with Crippen LogP contribution in [0.5, 0.6) is 0 Å². The van der Waals surface area contributed by atoms with Crippen molar-refractivity contribution in [1.29, 1.82) is 0 Å². The number of unbranched alkanes of at least 4 members (excludes halogenated alkanes) is 4. The zero-order valence-electron chi connectivity index (χ0n) is 11.5. The molecule has 1 atom stereocenters. The Bertz CT molecular complexity index is 370. The predicted octanol–water partition coefficient (Wildman–Crippen LogP) is 3.09. The van der Waals surface area contributed by atoms with Gasteiger partial charge in [-0.25, -0.2) is 0 Å². The molecule has 0 bridgehead atoms. The van der Waals surface area contributed by atoms with Gasteiger partial charge in [0.05, 0.1) is 5.41 Å². The molecule has 0 fully saturated rings. The van der Waals surface area contributed by atoms with Crippen molar-refractivity contribution in [1.82, 2.24) is 0 Å². The maximum atomic E-state index is 11.5. The van der Waals surface area contributed by atoms with Crippen LogP contribution >= 0.6 is 0 Å². The van der Waals surface area contributed by atoms with Gasteiger partial charge < -0.3 is 5.11 Å².